The zero-order valence-corrected chi connectivity index (χ0v) is 13.5. The molecule has 3 fully saturated rings. The van der Waals surface area contributed by atoms with Gasteiger partial charge < -0.3 is 19.3 Å². The Hall–Kier alpha value is -1.07. The second kappa shape index (κ2) is 7.01. The molecule has 3 heterocycles. The van der Waals surface area contributed by atoms with Crippen molar-refractivity contribution in [2.24, 2.45) is 5.41 Å². The Kier molecular flexibility index (Phi) is 5.03. The number of amides is 2. The predicted octanol–water partition coefficient (Wildman–Crippen LogP) is 2.28. The smallest absolute Gasteiger partial charge is 0.320 e. The number of carbonyl (C=O) groups is 1. The molecule has 2 atom stereocenters. The van der Waals surface area contributed by atoms with E-state index < -0.39 is 0 Å². The number of fused-ring (bicyclic) bond motifs is 1. The van der Waals surface area contributed by atoms with Crippen LogP contribution in [0.5, 0.6) is 0 Å². The first-order valence-electron chi connectivity index (χ1n) is 8.59. The predicted molar refractivity (Wildman–Crippen MR) is 84.8 cm³/mol. The van der Waals surface area contributed by atoms with Crippen molar-refractivity contribution in [1.82, 2.24) is 9.80 Å². The standard InChI is InChI=1S/C17H28N2O3/c1-2-11-21-14-17-7-5-12-22-15(17)6-10-19(13-17)16(20)18-8-3-4-9-18/h2,15H,1,3-14H2. The molecular weight excluding hydrogens is 280 g/mol. The minimum absolute atomic E-state index is 0.0328. The van der Waals surface area contributed by atoms with Gasteiger partial charge in [-0.1, -0.05) is 6.08 Å². The van der Waals surface area contributed by atoms with Crippen LogP contribution in [0.15, 0.2) is 12.7 Å². The van der Waals surface area contributed by atoms with Gasteiger partial charge in [-0.2, -0.15) is 0 Å². The minimum atomic E-state index is -0.0328. The van der Waals surface area contributed by atoms with Crippen molar-refractivity contribution in [2.75, 3.05) is 46.0 Å². The molecule has 0 aliphatic carbocycles. The van der Waals surface area contributed by atoms with Gasteiger partial charge in [0.05, 0.1) is 19.3 Å². The fraction of sp³-hybridized carbons (Fsp3) is 0.824. The summed E-state index contributed by atoms with van der Waals surface area (Å²) in [6, 6.07) is 0.213. The molecule has 0 saturated carbocycles. The van der Waals surface area contributed by atoms with Gasteiger partial charge >= 0.3 is 6.03 Å². The van der Waals surface area contributed by atoms with Crippen molar-refractivity contribution in [3.63, 3.8) is 0 Å². The number of hydrogen-bond donors (Lipinski definition) is 0. The quantitative estimate of drug-likeness (QED) is 0.591. The largest absolute Gasteiger partial charge is 0.377 e. The Balaban J connectivity index is 1.68. The number of nitrogens with zero attached hydrogens (tertiary/aromatic N) is 2. The molecule has 22 heavy (non-hydrogen) atoms. The van der Waals surface area contributed by atoms with E-state index >= 15 is 0 Å². The lowest BCUT2D eigenvalue weighted by Gasteiger charge is -2.50. The van der Waals surface area contributed by atoms with Gasteiger partial charge in [0.15, 0.2) is 0 Å². The molecule has 0 bridgehead atoms. The average Bonchev–Trinajstić information content (AvgIpc) is 3.08. The van der Waals surface area contributed by atoms with Crippen LogP contribution in [-0.4, -0.2) is 67.9 Å². The first-order valence-corrected chi connectivity index (χ1v) is 8.59. The summed E-state index contributed by atoms with van der Waals surface area (Å²) in [5, 5.41) is 0. The highest BCUT2D eigenvalue weighted by molar-refractivity contribution is 5.75. The van der Waals surface area contributed by atoms with E-state index in [1.54, 1.807) is 6.08 Å². The highest BCUT2D eigenvalue weighted by Gasteiger charge is 2.47. The summed E-state index contributed by atoms with van der Waals surface area (Å²) in [6.07, 6.45) is 7.35. The molecule has 5 heteroatoms. The molecule has 0 spiro atoms. The summed E-state index contributed by atoms with van der Waals surface area (Å²) in [7, 11) is 0. The molecule has 2 amide bonds. The van der Waals surface area contributed by atoms with Gasteiger partial charge in [-0.05, 0) is 32.1 Å². The fourth-order valence-electron chi connectivity index (χ4n) is 4.12. The highest BCUT2D eigenvalue weighted by atomic mass is 16.5. The van der Waals surface area contributed by atoms with Crippen molar-refractivity contribution < 1.29 is 14.3 Å². The SMILES string of the molecule is C=CCOCC12CCCOC1CCN(C(=O)N1CCCC1)C2. The third kappa shape index (κ3) is 3.15. The van der Waals surface area contributed by atoms with Gasteiger partial charge in [0.1, 0.15) is 0 Å². The molecule has 0 N–H and O–H groups in total. The van der Waals surface area contributed by atoms with Crippen LogP contribution < -0.4 is 0 Å². The summed E-state index contributed by atoms with van der Waals surface area (Å²) in [4.78, 5) is 16.7. The van der Waals surface area contributed by atoms with Crippen molar-refractivity contribution >= 4 is 6.03 Å². The lowest BCUT2D eigenvalue weighted by molar-refractivity contribution is -0.145. The molecule has 124 valence electrons. The maximum absolute atomic E-state index is 12.7. The van der Waals surface area contributed by atoms with Gasteiger partial charge in [0.25, 0.3) is 0 Å². The molecule has 0 aromatic heterocycles. The summed E-state index contributed by atoms with van der Waals surface area (Å²) >= 11 is 0. The van der Waals surface area contributed by atoms with Crippen molar-refractivity contribution in [2.45, 2.75) is 38.2 Å². The Morgan fingerprint density at radius 3 is 2.86 bits per heavy atom. The van der Waals surface area contributed by atoms with Crippen LogP contribution in [0.4, 0.5) is 4.79 Å². The molecule has 3 aliphatic rings. The molecule has 0 radical (unpaired) electrons. The summed E-state index contributed by atoms with van der Waals surface area (Å²) in [6.45, 7) is 9.18. The topological polar surface area (TPSA) is 42.0 Å². The molecule has 0 aromatic rings. The van der Waals surface area contributed by atoms with E-state index in [0.717, 1.165) is 64.9 Å². The molecule has 5 nitrogen and oxygen atoms in total. The van der Waals surface area contributed by atoms with E-state index in [1.165, 1.54) is 0 Å². The third-order valence-corrected chi connectivity index (χ3v) is 5.26. The summed E-state index contributed by atoms with van der Waals surface area (Å²) in [5.74, 6) is 0. The number of likely N-dealkylation sites (tertiary alicyclic amines) is 2. The Labute approximate surface area is 133 Å². The highest BCUT2D eigenvalue weighted by Crippen LogP contribution is 2.40. The minimum Gasteiger partial charge on any atom is -0.377 e. The second-order valence-corrected chi connectivity index (χ2v) is 6.82. The Morgan fingerprint density at radius 1 is 1.27 bits per heavy atom. The number of urea groups is 1. The maximum Gasteiger partial charge on any atom is 0.320 e. The molecule has 3 rings (SSSR count). The van der Waals surface area contributed by atoms with Crippen LogP contribution in [0.2, 0.25) is 0 Å². The van der Waals surface area contributed by atoms with Crippen LogP contribution in [0.1, 0.15) is 32.1 Å². The molecule has 3 saturated heterocycles. The lowest BCUT2D eigenvalue weighted by atomic mass is 9.73. The number of piperidine rings is 1. The van der Waals surface area contributed by atoms with E-state index in [1.807, 2.05) is 9.80 Å². The maximum atomic E-state index is 12.7. The number of rotatable bonds is 4. The van der Waals surface area contributed by atoms with Crippen LogP contribution in [-0.2, 0) is 9.47 Å². The van der Waals surface area contributed by atoms with E-state index in [2.05, 4.69) is 6.58 Å². The fourth-order valence-corrected chi connectivity index (χ4v) is 4.12. The molecule has 0 aromatic carbocycles. The van der Waals surface area contributed by atoms with E-state index in [-0.39, 0.29) is 17.6 Å². The molecule has 2 unspecified atom stereocenters. The van der Waals surface area contributed by atoms with Crippen LogP contribution in [0.3, 0.4) is 0 Å². The number of ether oxygens (including phenoxy) is 2. The summed E-state index contributed by atoms with van der Waals surface area (Å²) in [5.41, 5.74) is -0.0328. The first-order chi connectivity index (χ1) is 10.7. The van der Waals surface area contributed by atoms with Crippen molar-refractivity contribution in [3.8, 4) is 0 Å². The number of carbonyl (C=O) groups excluding carboxylic acids is 1. The third-order valence-electron chi connectivity index (χ3n) is 5.26. The van der Waals surface area contributed by atoms with Crippen molar-refractivity contribution in [3.05, 3.63) is 12.7 Å². The Bertz CT molecular complexity index is 409. The van der Waals surface area contributed by atoms with E-state index in [9.17, 15) is 4.79 Å². The second-order valence-electron chi connectivity index (χ2n) is 6.82. The van der Waals surface area contributed by atoms with Gasteiger partial charge in [-0.3, -0.25) is 0 Å². The van der Waals surface area contributed by atoms with E-state index in [0.29, 0.717) is 13.2 Å². The van der Waals surface area contributed by atoms with Gasteiger partial charge in [0.2, 0.25) is 0 Å². The van der Waals surface area contributed by atoms with Gasteiger partial charge in [0, 0.05) is 38.2 Å². The average molecular weight is 308 g/mol. The normalized spacial score (nSPS) is 31.9. The molecular formula is C17H28N2O3. The van der Waals surface area contributed by atoms with Crippen LogP contribution >= 0.6 is 0 Å². The summed E-state index contributed by atoms with van der Waals surface area (Å²) < 4.78 is 11.8. The zero-order valence-electron chi connectivity index (χ0n) is 13.5. The van der Waals surface area contributed by atoms with Crippen LogP contribution in [0, 0.1) is 5.41 Å². The lowest BCUT2D eigenvalue weighted by Crippen LogP contribution is -2.59. The van der Waals surface area contributed by atoms with E-state index in [4.69, 9.17) is 9.47 Å². The number of hydrogen-bond acceptors (Lipinski definition) is 3. The molecule has 3 aliphatic heterocycles. The zero-order chi connectivity index (χ0) is 15.4. The van der Waals surface area contributed by atoms with Gasteiger partial charge in [-0.25, -0.2) is 4.79 Å². The monoisotopic (exact) mass is 308 g/mol. The Morgan fingerprint density at radius 2 is 2.09 bits per heavy atom. The first kappa shape index (κ1) is 15.8. The van der Waals surface area contributed by atoms with Crippen molar-refractivity contribution in [1.29, 1.82) is 0 Å². The van der Waals surface area contributed by atoms with Gasteiger partial charge in [-0.15, -0.1) is 6.58 Å². The van der Waals surface area contributed by atoms with Crippen LogP contribution in [0.25, 0.3) is 0 Å².